The van der Waals surface area contributed by atoms with Gasteiger partial charge in [0, 0.05) is 43.2 Å². The van der Waals surface area contributed by atoms with E-state index in [1.54, 1.807) is 0 Å². The van der Waals surface area contributed by atoms with Gasteiger partial charge in [-0.05, 0) is 81.3 Å². The number of ether oxygens (including phenoxy) is 8. The summed E-state index contributed by atoms with van der Waals surface area (Å²) >= 11 is 1.48. The Morgan fingerprint density at radius 1 is 0.817 bits per heavy atom. The van der Waals surface area contributed by atoms with E-state index in [0.29, 0.717) is 50.0 Å². The lowest BCUT2D eigenvalue weighted by atomic mass is 10.1. The van der Waals surface area contributed by atoms with Crippen LogP contribution >= 0.6 is 23.1 Å². The van der Waals surface area contributed by atoms with Gasteiger partial charge in [-0.3, -0.25) is 9.59 Å². The van der Waals surface area contributed by atoms with Crippen LogP contribution in [0.5, 0.6) is 5.88 Å². The standard InChI is InChI=1S/C42H62N6O19S4/c1-11-43-30-18-22(2)70(56,57)41-29(30)19-33(68-41)71(58,59)47-31(49)12-13-32(50)62-23(3)36(51)63-24(4)37(52)64-25(5)38(53)65-26(6)39(54)66-27(7)40(55)67-28(20-44-42(8,9)10)21-61-35-34(45-69-46-35)48-14-16-60-17-15-48/h19,22-28,30,43-44H,11-18,20-21H2,1-10H3,(H,47,49)/t22-,23?,24?,25?,26?,27?,28?,30-/m1/s1. The average molecular weight is 1080 g/mol. The van der Waals surface area contributed by atoms with Gasteiger partial charge in [0.2, 0.25) is 11.7 Å². The van der Waals surface area contributed by atoms with Gasteiger partial charge in [-0.25, -0.2) is 45.5 Å². The number of thiophene rings is 1. The molecule has 8 atom stereocenters. The Morgan fingerprint density at radius 2 is 1.34 bits per heavy atom. The number of hydrogen-bond acceptors (Lipinski definition) is 26. The Hall–Kier alpha value is -5.07. The number of anilines is 1. The van der Waals surface area contributed by atoms with Crippen molar-refractivity contribution >= 4 is 90.5 Å². The van der Waals surface area contributed by atoms with Gasteiger partial charge in [-0.15, -0.1) is 15.7 Å². The molecule has 25 nitrogen and oxygen atoms in total. The molecule has 4 heterocycles. The van der Waals surface area contributed by atoms with Crippen molar-refractivity contribution in [3.05, 3.63) is 11.6 Å². The van der Waals surface area contributed by atoms with Crippen molar-refractivity contribution in [2.24, 2.45) is 0 Å². The number of carbonyl (C=O) groups excluding carboxylic acids is 7. The number of sulfone groups is 1. The maximum absolute atomic E-state index is 13.1. The summed E-state index contributed by atoms with van der Waals surface area (Å²) in [5.74, 6) is -7.16. The number of fused-ring (bicyclic) bond motifs is 1. The van der Waals surface area contributed by atoms with Gasteiger partial charge < -0.3 is 53.4 Å². The minimum Gasteiger partial charge on any atom is -0.470 e. The van der Waals surface area contributed by atoms with Crippen molar-refractivity contribution in [1.29, 1.82) is 0 Å². The highest BCUT2D eigenvalue weighted by Gasteiger charge is 2.40. The lowest BCUT2D eigenvalue weighted by Gasteiger charge is -2.28. The van der Waals surface area contributed by atoms with Gasteiger partial charge in [0.1, 0.15) is 21.1 Å². The highest BCUT2D eigenvalue weighted by atomic mass is 32.3. The molecular formula is C42H62N6O19S4. The Kier molecular flexibility index (Phi) is 21.0. The Balaban J connectivity index is 1.18. The van der Waals surface area contributed by atoms with Crippen molar-refractivity contribution in [2.75, 3.05) is 50.9 Å². The van der Waals surface area contributed by atoms with E-state index in [2.05, 4.69) is 19.4 Å². The highest BCUT2D eigenvalue weighted by molar-refractivity contribution is 7.95. The molecule has 3 N–H and O–H groups in total. The minimum atomic E-state index is -4.53. The van der Waals surface area contributed by atoms with Gasteiger partial charge in [-0.2, -0.15) is 4.37 Å². The number of hydrogen-bond donors (Lipinski definition) is 3. The van der Waals surface area contributed by atoms with Crippen LogP contribution in [0.2, 0.25) is 0 Å². The molecule has 2 aromatic heterocycles. The number of esters is 6. The summed E-state index contributed by atoms with van der Waals surface area (Å²) in [7, 11) is -8.34. The molecular weight excluding hydrogens is 1020 g/mol. The zero-order valence-corrected chi connectivity index (χ0v) is 44.3. The molecule has 71 heavy (non-hydrogen) atoms. The molecule has 2 aliphatic rings. The Labute approximate surface area is 419 Å². The molecule has 0 bridgehead atoms. The van der Waals surface area contributed by atoms with Gasteiger partial charge in [0.05, 0.1) is 36.6 Å². The number of nitrogens with zero attached hydrogens (tertiary/aromatic N) is 3. The summed E-state index contributed by atoms with van der Waals surface area (Å²) < 4.78 is 104. The van der Waals surface area contributed by atoms with E-state index in [-0.39, 0.29) is 40.8 Å². The molecule has 0 aliphatic carbocycles. The largest absolute Gasteiger partial charge is 0.470 e. The van der Waals surface area contributed by atoms with Crippen molar-refractivity contribution < 1.29 is 88.3 Å². The summed E-state index contributed by atoms with van der Waals surface area (Å²) in [6.07, 6.45) is -10.0. The van der Waals surface area contributed by atoms with Crippen LogP contribution in [-0.4, -0.2) is 161 Å². The van der Waals surface area contributed by atoms with Crippen LogP contribution in [0.15, 0.2) is 14.5 Å². The summed E-state index contributed by atoms with van der Waals surface area (Å²) in [5, 5.41) is 5.61. The normalized spacial score (nSPS) is 19.3. The zero-order valence-electron chi connectivity index (χ0n) is 41.0. The number of rotatable bonds is 24. The average Bonchev–Trinajstić information content (AvgIpc) is 3.98. The number of nitrogens with one attached hydrogen (secondary N) is 3. The number of carbonyl (C=O) groups is 7. The summed E-state index contributed by atoms with van der Waals surface area (Å²) in [5.41, 5.74) is -0.0787. The molecule has 0 aromatic carbocycles. The smallest absolute Gasteiger partial charge is 0.347 e. The molecule has 1 saturated heterocycles. The third-order valence-electron chi connectivity index (χ3n) is 10.4. The molecule has 6 unspecified atom stereocenters. The Bertz CT molecular complexity index is 2450. The molecule has 0 saturated carbocycles. The van der Waals surface area contributed by atoms with Crippen LogP contribution in [-0.2, 0) is 86.6 Å². The van der Waals surface area contributed by atoms with E-state index in [9.17, 15) is 50.4 Å². The lowest BCUT2D eigenvalue weighted by Crippen LogP contribution is -2.45. The summed E-state index contributed by atoms with van der Waals surface area (Å²) in [4.78, 5) is 91.1. The first kappa shape index (κ1) is 58.5. The SMILES string of the molecule is CCN[C@@H]1C[C@@H](C)S(=O)(=O)c2sc(S(=O)(=O)NC(=O)CCC(=O)OC(C)C(=O)OC(C)C(=O)OC(C)C(=O)OC(C)C(=O)OC(C)C(=O)OC(CNC(C)(C)C)COc3nsnc3N3CCOCC3)cc21. The molecule has 398 valence electrons. The first-order chi connectivity index (χ1) is 33.1. The predicted octanol–water partition coefficient (Wildman–Crippen LogP) is 1.28. The molecule has 2 aliphatic heterocycles. The van der Waals surface area contributed by atoms with E-state index >= 15 is 0 Å². The minimum absolute atomic E-state index is 0.111. The molecule has 1 fully saturated rings. The lowest BCUT2D eigenvalue weighted by molar-refractivity contribution is -0.187. The summed E-state index contributed by atoms with van der Waals surface area (Å²) in [6, 6.07) is 0.784. The number of amides is 1. The third-order valence-corrected chi connectivity index (χ3v) is 16.6. The van der Waals surface area contributed by atoms with Crippen molar-refractivity contribution in [2.45, 2.75) is 150 Å². The molecule has 1 amide bonds. The van der Waals surface area contributed by atoms with Gasteiger partial charge >= 0.3 is 35.8 Å². The molecule has 0 radical (unpaired) electrons. The van der Waals surface area contributed by atoms with Crippen LogP contribution in [0.4, 0.5) is 5.82 Å². The fourth-order valence-corrected chi connectivity index (χ4v) is 12.0. The second kappa shape index (κ2) is 25.5. The molecule has 29 heteroatoms. The zero-order chi connectivity index (χ0) is 53.0. The summed E-state index contributed by atoms with van der Waals surface area (Å²) in [6.45, 7) is 17.6. The number of sulfonamides is 1. The topological polar surface area (TPSA) is 327 Å². The first-order valence-corrected chi connectivity index (χ1v) is 27.1. The van der Waals surface area contributed by atoms with Crippen LogP contribution in [0.1, 0.15) is 100 Å². The van der Waals surface area contributed by atoms with Gasteiger partial charge in [0.15, 0.2) is 40.4 Å². The quantitative estimate of drug-likeness (QED) is 0.0984. The van der Waals surface area contributed by atoms with Crippen LogP contribution in [0, 0.1) is 0 Å². The van der Waals surface area contributed by atoms with E-state index < -0.39 is 127 Å². The van der Waals surface area contributed by atoms with Crippen molar-refractivity contribution in [3.8, 4) is 5.88 Å². The highest BCUT2D eigenvalue weighted by Crippen LogP contribution is 2.42. The maximum atomic E-state index is 13.1. The predicted molar refractivity (Wildman–Crippen MR) is 250 cm³/mol. The Morgan fingerprint density at radius 3 is 1.86 bits per heavy atom. The van der Waals surface area contributed by atoms with Crippen molar-refractivity contribution in [1.82, 2.24) is 24.1 Å². The second-order valence-corrected chi connectivity index (χ2v) is 23.5. The number of aromatic nitrogens is 2. The fraction of sp³-hybridized carbons (Fsp3) is 0.690. The fourth-order valence-electron chi connectivity index (χ4n) is 6.44. The van der Waals surface area contributed by atoms with E-state index in [1.807, 2.05) is 37.3 Å². The van der Waals surface area contributed by atoms with Gasteiger partial charge in [-0.1, -0.05) is 6.92 Å². The maximum Gasteiger partial charge on any atom is 0.347 e. The van der Waals surface area contributed by atoms with E-state index in [4.69, 9.17) is 37.9 Å². The molecule has 0 spiro atoms. The molecule has 4 rings (SSSR count). The van der Waals surface area contributed by atoms with E-state index in [1.165, 1.54) is 19.9 Å². The monoisotopic (exact) mass is 1080 g/mol. The van der Waals surface area contributed by atoms with Gasteiger partial charge in [0.25, 0.3) is 15.9 Å². The van der Waals surface area contributed by atoms with Crippen LogP contribution in [0.25, 0.3) is 0 Å². The number of morpholine rings is 1. The second-order valence-electron chi connectivity index (χ2n) is 17.5. The first-order valence-electron chi connectivity index (χ1n) is 22.5. The third kappa shape index (κ3) is 17.0. The van der Waals surface area contributed by atoms with Crippen LogP contribution < -0.4 is 25.0 Å². The van der Waals surface area contributed by atoms with Crippen molar-refractivity contribution in [3.63, 3.8) is 0 Å². The van der Waals surface area contributed by atoms with Crippen LogP contribution in [0.3, 0.4) is 0 Å². The molecule has 2 aromatic rings. The van der Waals surface area contributed by atoms with E-state index in [0.717, 1.165) is 39.4 Å².